The second-order valence-electron chi connectivity index (χ2n) is 4.37. The van der Waals surface area contributed by atoms with Crippen molar-refractivity contribution in [1.82, 2.24) is 20.1 Å². The maximum atomic E-state index is 12.7. The molecule has 0 aliphatic heterocycles. The zero-order valence-electron chi connectivity index (χ0n) is 10.0. The first-order valence-electron chi connectivity index (χ1n) is 5.50. The van der Waals surface area contributed by atoms with Gasteiger partial charge < -0.3 is 10.4 Å². The van der Waals surface area contributed by atoms with E-state index in [4.69, 9.17) is 5.11 Å². The highest BCUT2D eigenvalue weighted by Crippen LogP contribution is 2.10. The molecular formula is C10H18F2N4O. The highest BCUT2D eigenvalue weighted by atomic mass is 19.3. The van der Waals surface area contributed by atoms with Crippen LogP contribution in [0.2, 0.25) is 0 Å². The summed E-state index contributed by atoms with van der Waals surface area (Å²) >= 11 is 0. The Morgan fingerprint density at radius 1 is 1.53 bits per heavy atom. The smallest absolute Gasteiger partial charge is 0.282 e. The van der Waals surface area contributed by atoms with Crippen LogP contribution in [0.4, 0.5) is 8.78 Å². The maximum Gasteiger partial charge on any atom is 0.282 e. The third kappa shape index (κ3) is 4.74. The Balaban J connectivity index is 2.44. The molecule has 0 unspecified atom stereocenters. The van der Waals surface area contributed by atoms with Gasteiger partial charge in [-0.2, -0.15) is 5.10 Å². The van der Waals surface area contributed by atoms with Crippen LogP contribution in [0.3, 0.4) is 0 Å². The Labute approximate surface area is 98.9 Å². The number of nitrogens with zero attached hydrogens (tertiary/aromatic N) is 3. The van der Waals surface area contributed by atoms with Crippen molar-refractivity contribution in [3.05, 3.63) is 12.2 Å². The predicted octanol–water partition coefficient (Wildman–Crippen LogP) is 0.651. The average Bonchev–Trinajstić information content (AvgIpc) is 2.65. The SMILES string of the molecule is CC(C)Cn1ncnc1CNCC(F)(F)CO. The van der Waals surface area contributed by atoms with Crippen molar-refractivity contribution in [1.29, 1.82) is 0 Å². The van der Waals surface area contributed by atoms with Gasteiger partial charge in [-0.1, -0.05) is 13.8 Å². The zero-order chi connectivity index (χ0) is 12.9. The van der Waals surface area contributed by atoms with Crippen LogP contribution in [0.15, 0.2) is 6.33 Å². The van der Waals surface area contributed by atoms with E-state index in [0.717, 1.165) is 0 Å². The standard InChI is InChI=1S/C10H18F2N4O/c1-8(2)4-16-9(14-7-15-16)3-13-5-10(11,12)6-17/h7-8,13,17H,3-6H2,1-2H3. The molecule has 0 spiro atoms. The van der Waals surface area contributed by atoms with Crippen molar-refractivity contribution in [3.63, 3.8) is 0 Å². The highest BCUT2D eigenvalue weighted by molar-refractivity contribution is 4.84. The highest BCUT2D eigenvalue weighted by Gasteiger charge is 2.26. The molecule has 0 aliphatic rings. The van der Waals surface area contributed by atoms with E-state index in [1.807, 2.05) is 13.8 Å². The van der Waals surface area contributed by atoms with E-state index in [-0.39, 0.29) is 6.54 Å². The zero-order valence-corrected chi connectivity index (χ0v) is 10.0. The number of halogens is 2. The molecule has 0 saturated carbocycles. The van der Waals surface area contributed by atoms with Crippen LogP contribution in [0.5, 0.6) is 0 Å². The second kappa shape index (κ2) is 6.02. The monoisotopic (exact) mass is 248 g/mol. The molecule has 5 nitrogen and oxygen atoms in total. The topological polar surface area (TPSA) is 63.0 Å². The molecular weight excluding hydrogens is 230 g/mol. The third-order valence-corrected chi connectivity index (χ3v) is 2.13. The van der Waals surface area contributed by atoms with Crippen molar-refractivity contribution < 1.29 is 13.9 Å². The van der Waals surface area contributed by atoms with Crippen LogP contribution in [0.1, 0.15) is 19.7 Å². The maximum absolute atomic E-state index is 12.7. The Hall–Kier alpha value is -1.08. The molecule has 17 heavy (non-hydrogen) atoms. The number of aliphatic hydroxyl groups excluding tert-OH is 1. The van der Waals surface area contributed by atoms with E-state index < -0.39 is 19.1 Å². The number of aromatic nitrogens is 3. The molecule has 0 bridgehead atoms. The minimum atomic E-state index is -3.09. The summed E-state index contributed by atoms with van der Waals surface area (Å²) in [6.07, 6.45) is 1.41. The number of alkyl halides is 2. The number of hydrogen-bond donors (Lipinski definition) is 2. The van der Waals surface area contributed by atoms with E-state index in [1.165, 1.54) is 6.33 Å². The Kier molecular flexibility index (Phi) is 4.95. The molecule has 1 aromatic heterocycles. The minimum Gasteiger partial charge on any atom is -0.390 e. The summed E-state index contributed by atoms with van der Waals surface area (Å²) in [5.74, 6) is -2.06. The van der Waals surface area contributed by atoms with E-state index >= 15 is 0 Å². The first-order chi connectivity index (χ1) is 7.94. The summed E-state index contributed by atoms with van der Waals surface area (Å²) in [4.78, 5) is 4.00. The molecule has 2 N–H and O–H groups in total. The lowest BCUT2D eigenvalue weighted by Gasteiger charge is -2.14. The van der Waals surface area contributed by atoms with E-state index in [9.17, 15) is 8.78 Å². The molecule has 0 fully saturated rings. The second-order valence-corrected chi connectivity index (χ2v) is 4.37. The molecule has 0 aliphatic carbocycles. The molecule has 1 rings (SSSR count). The predicted molar refractivity (Wildman–Crippen MR) is 58.6 cm³/mol. The van der Waals surface area contributed by atoms with Gasteiger partial charge in [0, 0.05) is 6.54 Å². The number of hydrogen-bond acceptors (Lipinski definition) is 4. The quantitative estimate of drug-likeness (QED) is 0.743. The summed E-state index contributed by atoms with van der Waals surface area (Å²) < 4.78 is 27.2. The van der Waals surface area contributed by atoms with E-state index in [1.54, 1.807) is 4.68 Å². The molecule has 1 heterocycles. The van der Waals surface area contributed by atoms with Crippen molar-refractivity contribution in [2.24, 2.45) is 5.92 Å². The van der Waals surface area contributed by atoms with Gasteiger partial charge in [0.15, 0.2) is 0 Å². The summed E-state index contributed by atoms with van der Waals surface area (Å²) in [5.41, 5.74) is 0. The van der Waals surface area contributed by atoms with E-state index in [2.05, 4.69) is 15.4 Å². The first-order valence-corrected chi connectivity index (χ1v) is 5.50. The van der Waals surface area contributed by atoms with Gasteiger partial charge >= 0.3 is 0 Å². The molecule has 98 valence electrons. The minimum absolute atomic E-state index is 0.211. The fourth-order valence-electron chi connectivity index (χ4n) is 1.34. The molecule has 7 heteroatoms. The van der Waals surface area contributed by atoms with Gasteiger partial charge in [0.2, 0.25) is 0 Å². The van der Waals surface area contributed by atoms with Crippen LogP contribution >= 0.6 is 0 Å². The molecule has 0 saturated heterocycles. The number of aliphatic hydroxyl groups is 1. The van der Waals surface area contributed by atoms with Gasteiger partial charge in [0.05, 0.1) is 13.1 Å². The third-order valence-electron chi connectivity index (χ3n) is 2.13. The largest absolute Gasteiger partial charge is 0.390 e. The fourth-order valence-corrected chi connectivity index (χ4v) is 1.34. The summed E-state index contributed by atoms with van der Waals surface area (Å²) in [5, 5.41) is 15.0. The molecule has 0 radical (unpaired) electrons. The van der Waals surface area contributed by atoms with Gasteiger partial charge in [0.1, 0.15) is 18.8 Å². The van der Waals surface area contributed by atoms with Crippen LogP contribution < -0.4 is 5.32 Å². The van der Waals surface area contributed by atoms with Gasteiger partial charge in [0.25, 0.3) is 5.92 Å². The van der Waals surface area contributed by atoms with Gasteiger partial charge in [-0.05, 0) is 5.92 Å². The lowest BCUT2D eigenvalue weighted by Crippen LogP contribution is -2.36. The van der Waals surface area contributed by atoms with Gasteiger partial charge in [-0.15, -0.1) is 0 Å². The van der Waals surface area contributed by atoms with Crippen molar-refractivity contribution in [3.8, 4) is 0 Å². The molecule has 0 amide bonds. The summed E-state index contributed by atoms with van der Waals surface area (Å²) in [7, 11) is 0. The van der Waals surface area contributed by atoms with Crippen LogP contribution in [-0.4, -0.2) is 38.9 Å². The Morgan fingerprint density at radius 3 is 2.82 bits per heavy atom. The van der Waals surface area contributed by atoms with E-state index in [0.29, 0.717) is 18.3 Å². The first kappa shape index (κ1) is 14.0. The summed E-state index contributed by atoms with van der Waals surface area (Å²) in [6.45, 7) is 3.27. The lowest BCUT2D eigenvalue weighted by atomic mass is 10.2. The van der Waals surface area contributed by atoms with Crippen LogP contribution in [-0.2, 0) is 13.1 Å². The van der Waals surface area contributed by atoms with Crippen LogP contribution in [0.25, 0.3) is 0 Å². The summed E-state index contributed by atoms with van der Waals surface area (Å²) in [6, 6.07) is 0. The molecule has 1 aromatic rings. The fraction of sp³-hybridized carbons (Fsp3) is 0.800. The van der Waals surface area contributed by atoms with Gasteiger partial charge in [-0.3, -0.25) is 0 Å². The number of rotatable bonds is 7. The Bertz CT molecular complexity index is 341. The number of nitrogens with one attached hydrogen (secondary N) is 1. The average molecular weight is 248 g/mol. The van der Waals surface area contributed by atoms with Crippen LogP contribution in [0, 0.1) is 5.92 Å². The normalized spacial score (nSPS) is 12.4. The molecule has 0 atom stereocenters. The lowest BCUT2D eigenvalue weighted by molar-refractivity contribution is -0.0479. The van der Waals surface area contributed by atoms with Crippen molar-refractivity contribution in [2.75, 3.05) is 13.2 Å². The molecule has 0 aromatic carbocycles. The van der Waals surface area contributed by atoms with Crippen molar-refractivity contribution >= 4 is 0 Å². The van der Waals surface area contributed by atoms with Crippen molar-refractivity contribution in [2.45, 2.75) is 32.9 Å². The van der Waals surface area contributed by atoms with Gasteiger partial charge in [-0.25, -0.2) is 18.4 Å². The Morgan fingerprint density at radius 2 is 2.24 bits per heavy atom.